The molecule has 0 fully saturated rings. The van der Waals surface area contributed by atoms with Crippen molar-refractivity contribution in [1.82, 2.24) is 4.72 Å². The molecule has 1 amide bonds. The van der Waals surface area contributed by atoms with Gasteiger partial charge in [0.1, 0.15) is 0 Å². The molecule has 0 saturated carbocycles. The molecule has 0 spiro atoms. The molecule has 7 nitrogen and oxygen atoms in total. The topological polar surface area (TPSA) is 130 Å². The quantitative estimate of drug-likeness (QED) is 0.526. The second-order valence-electron chi connectivity index (χ2n) is 7.12. The van der Waals surface area contributed by atoms with Crippen molar-refractivity contribution in [3.63, 3.8) is 0 Å². The van der Waals surface area contributed by atoms with Gasteiger partial charge in [-0.15, -0.1) is 0 Å². The highest BCUT2D eigenvalue weighted by molar-refractivity contribution is 7.89. The average Bonchev–Trinajstić information content (AvgIpc) is 2.66. The number of carbonyl (C=O) groups is 1. The minimum absolute atomic E-state index is 0.0227. The molecule has 5 N–H and O–H groups in total. The largest absolute Gasteiger partial charge is 0.396 e. The van der Waals surface area contributed by atoms with Crippen LogP contribution in [-0.2, 0) is 20.4 Å². The van der Waals surface area contributed by atoms with Crippen LogP contribution in [0.5, 0.6) is 0 Å². The zero-order chi connectivity index (χ0) is 20.3. The van der Waals surface area contributed by atoms with Gasteiger partial charge < -0.3 is 15.9 Å². The van der Waals surface area contributed by atoms with Crippen LogP contribution in [0.1, 0.15) is 25.0 Å². The van der Waals surface area contributed by atoms with Crippen LogP contribution in [0.4, 0.5) is 0 Å². The third kappa shape index (κ3) is 4.54. The molecule has 27 heavy (non-hydrogen) atoms. The van der Waals surface area contributed by atoms with E-state index in [0.717, 1.165) is 0 Å². The van der Waals surface area contributed by atoms with Crippen LogP contribution < -0.4 is 10.5 Å². The molecular weight excluding hydrogens is 368 g/mol. The number of sulfonamides is 1. The second-order valence-corrected chi connectivity index (χ2v) is 8.88. The first-order chi connectivity index (χ1) is 12.5. The van der Waals surface area contributed by atoms with Crippen molar-refractivity contribution in [3.05, 3.63) is 65.7 Å². The molecule has 0 heterocycles. The molecule has 2 aromatic carbocycles. The molecule has 1 atom stereocenters. The predicted octanol–water partition coefficient (Wildman–Crippen LogP) is 0.705. The van der Waals surface area contributed by atoms with Crippen molar-refractivity contribution in [3.8, 4) is 0 Å². The van der Waals surface area contributed by atoms with Crippen LogP contribution in [0.25, 0.3) is 0 Å². The minimum Gasteiger partial charge on any atom is -0.396 e. The van der Waals surface area contributed by atoms with Crippen molar-refractivity contribution in [1.29, 1.82) is 0 Å². The first-order valence-corrected chi connectivity index (χ1v) is 9.80. The van der Waals surface area contributed by atoms with Crippen molar-refractivity contribution >= 4 is 15.9 Å². The summed E-state index contributed by atoms with van der Waals surface area (Å²) in [5.41, 5.74) is 2.92. The van der Waals surface area contributed by atoms with Gasteiger partial charge >= 0.3 is 0 Å². The lowest BCUT2D eigenvalue weighted by atomic mass is 9.86. The number of aliphatic hydroxyl groups excluding tert-OH is 1. The Morgan fingerprint density at radius 1 is 1.07 bits per heavy atom. The summed E-state index contributed by atoms with van der Waals surface area (Å²) in [4.78, 5) is 11.9. The summed E-state index contributed by atoms with van der Waals surface area (Å²) in [6, 6.07) is 13.5. The third-order valence-electron chi connectivity index (χ3n) is 4.28. The van der Waals surface area contributed by atoms with E-state index in [4.69, 9.17) is 5.73 Å². The molecule has 0 aromatic heterocycles. The number of nitrogens with one attached hydrogen (secondary N) is 1. The van der Waals surface area contributed by atoms with E-state index in [9.17, 15) is 23.4 Å². The molecule has 146 valence electrons. The summed E-state index contributed by atoms with van der Waals surface area (Å²) in [6.07, 6.45) is 0. The number of hydrogen-bond donors (Lipinski definition) is 4. The van der Waals surface area contributed by atoms with Crippen LogP contribution in [0.15, 0.2) is 59.5 Å². The molecule has 0 saturated heterocycles. The fourth-order valence-electron chi connectivity index (χ4n) is 2.45. The van der Waals surface area contributed by atoms with Crippen molar-refractivity contribution in [2.75, 3.05) is 13.2 Å². The first kappa shape index (κ1) is 21.0. The number of rotatable bonds is 8. The van der Waals surface area contributed by atoms with Crippen LogP contribution in [0.2, 0.25) is 0 Å². The Hall–Kier alpha value is -2.26. The number of amides is 1. The first-order valence-electron chi connectivity index (χ1n) is 8.32. The van der Waals surface area contributed by atoms with Gasteiger partial charge in [-0.25, -0.2) is 13.1 Å². The van der Waals surface area contributed by atoms with Crippen LogP contribution in [0.3, 0.4) is 0 Å². The molecule has 2 aromatic rings. The number of primary amides is 1. The highest BCUT2D eigenvalue weighted by Gasteiger charge is 2.38. The maximum Gasteiger partial charge on any atom is 0.258 e. The number of benzene rings is 2. The molecule has 8 heteroatoms. The molecule has 0 aliphatic heterocycles. The minimum atomic E-state index is -3.92. The summed E-state index contributed by atoms with van der Waals surface area (Å²) in [6.45, 7) is 3.26. The number of aliphatic hydroxyl groups is 2. The standard InChI is InChI=1S/C19H24N2O5S/c1-18(2,13-22)12-21-27(25,26)16-10-6-9-15(11-16)19(24,17(20)23)14-7-4-3-5-8-14/h3-11,21-22,24H,12-13H2,1-2H3,(H2,20,23). The fourth-order valence-corrected chi connectivity index (χ4v) is 3.74. The Morgan fingerprint density at radius 3 is 2.22 bits per heavy atom. The maximum atomic E-state index is 12.6. The van der Waals surface area contributed by atoms with Crippen LogP contribution in [-0.4, -0.2) is 37.7 Å². The van der Waals surface area contributed by atoms with E-state index in [-0.39, 0.29) is 29.2 Å². The summed E-state index contributed by atoms with van der Waals surface area (Å²) in [5, 5.41) is 20.3. The van der Waals surface area contributed by atoms with Gasteiger partial charge in [-0.3, -0.25) is 4.79 Å². The van der Waals surface area contributed by atoms with Gasteiger partial charge in [0.25, 0.3) is 5.91 Å². The van der Waals surface area contributed by atoms with Crippen LogP contribution >= 0.6 is 0 Å². The number of carbonyl (C=O) groups excluding carboxylic acids is 1. The van der Waals surface area contributed by atoms with E-state index < -0.39 is 26.9 Å². The summed E-state index contributed by atoms with van der Waals surface area (Å²) < 4.78 is 27.6. The monoisotopic (exact) mass is 392 g/mol. The highest BCUT2D eigenvalue weighted by Crippen LogP contribution is 2.30. The Kier molecular flexibility index (Phi) is 6.06. The lowest BCUT2D eigenvalue weighted by molar-refractivity contribution is -0.133. The summed E-state index contributed by atoms with van der Waals surface area (Å²) >= 11 is 0. The van der Waals surface area contributed by atoms with Gasteiger partial charge in [0, 0.05) is 18.6 Å². The van der Waals surface area contributed by atoms with Gasteiger partial charge in [0.15, 0.2) is 5.60 Å². The van der Waals surface area contributed by atoms with E-state index in [0.29, 0.717) is 0 Å². The second kappa shape index (κ2) is 7.77. The Balaban J connectivity index is 2.45. The van der Waals surface area contributed by atoms with E-state index >= 15 is 0 Å². The number of hydrogen-bond acceptors (Lipinski definition) is 5. The Labute approximate surface area is 158 Å². The van der Waals surface area contributed by atoms with E-state index in [1.807, 2.05) is 0 Å². The SMILES string of the molecule is CC(C)(CO)CNS(=O)(=O)c1cccc(C(O)(C(N)=O)c2ccccc2)c1. The lowest BCUT2D eigenvalue weighted by Gasteiger charge is -2.26. The normalized spacial score (nSPS) is 14.5. The van der Waals surface area contributed by atoms with Gasteiger partial charge in [-0.05, 0) is 23.3 Å². The lowest BCUT2D eigenvalue weighted by Crippen LogP contribution is -2.42. The van der Waals surface area contributed by atoms with Crippen LogP contribution in [0, 0.1) is 5.41 Å². The molecule has 0 radical (unpaired) electrons. The predicted molar refractivity (Wildman–Crippen MR) is 101 cm³/mol. The van der Waals surface area contributed by atoms with Crippen molar-refractivity contribution in [2.24, 2.45) is 11.1 Å². The van der Waals surface area contributed by atoms with E-state index in [2.05, 4.69) is 4.72 Å². The van der Waals surface area contributed by atoms with Gasteiger partial charge in [0.05, 0.1) is 4.90 Å². The maximum absolute atomic E-state index is 12.6. The van der Waals surface area contributed by atoms with E-state index in [1.54, 1.807) is 32.0 Å². The number of nitrogens with two attached hydrogens (primary N) is 1. The fraction of sp³-hybridized carbons (Fsp3) is 0.316. The molecule has 1 unspecified atom stereocenters. The third-order valence-corrected chi connectivity index (χ3v) is 5.68. The zero-order valence-corrected chi connectivity index (χ0v) is 16.0. The average molecular weight is 392 g/mol. The molecule has 0 bridgehead atoms. The van der Waals surface area contributed by atoms with Gasteiger partial charge in [-0.2, -0.15) is 0 Å². The van der Waals surface area contributed by atoms with Gasteiger partial charge in [-0.1, -0.05) is 56.3 Å². The molecule has 2 rings (SSSR count). The Bertz CT molecular complexity index is 913. The Morgan fingerprint density at radius 2 is 1.67 bits per heavy atom. The molecule has 0 aliphatic carbocycles. The van der Waals surface area contributed by atoms with Gasteiger partial charge in [0.2, 0.25) is 10.0 Å². The highest BCUT2D eigenvalue weighted by atomic mass is 32.2. The van der Waals surface area contributed by atoms with E-state index in [1.165, 1.54) is 36.4 Å². The zero-order valence-electron chi connectivity index (χ0n) is 15.2. The summed E-state index contributed by atoms with van der Waals surface area (Å²) in [7, 11) is -3.92. The molecule has 0 aliphatic rings. The summed E-state index contributed by atoms with van der Waals surface area (Å²) in [5.74, 6) is -1.02. The molecular formula is C19H24N2O5S. The van der Waals surface area contributed by atoms with Crippen molar-refractivity contribution < 1.29 is 23.4 Å². The smallest absolute Gasteiger partial charge is 0.258 e. The van der Waals surface area contributed by atoms with Crippen molar-refractivity contribution in [2.45, 2.75) is 24.3 Å².